The minimum Gasteiger partial charge on any atom is -0.353 e. The quantitative estimate of drug-likeness (QED) is 0.691. The summed E-state index contributed by atoms with van der Waals surface area (Å²) in [5.41, 5.74) is 3.75. The topological polar surface area (TPSA) is 77.8 Å². The number of carbonyl (C=O) groups excluding carboxylic acids is 1. The van der Waals surface area contributed by atoms with E-state index < -0.39 is 0 Å². The molecule has 0 aliphatic heterocycles. The van der Waals surface area contributed by atoms with E-state index in [1.807, 2.05) is 13.0 Å². The van der Waals surface area contributed by atoms with Crippen molar-refractivity contribution in [1.82, 2.24) is 4.98 Å². The maximum Gasteiger partial charge on any atom is 0.257 e. The largest absolute Gasteiger partial charge is 0.353 e. The fourth-order valence-electron chi connectivity index (χ4n) is 2.44. The Bertz CT molecular complexity index is 1010. The van der Waals surface area contributed by atoms with Crippen LogP contribution in [0.1, 0.15) is 21.5 Å². The molecule has 5 nitrogen and oxygen atoms in total. The van der Waals surface area contributed by atoms with E-state index in [-0.39, 0.29) is 5.91 Å². The van der Waals surface area contributed by atoms with Gasteiger partial charge in [-0.3, -0.25) is 9.78 Å². The summed E-state index contributed by atoms with van der Waals surface area (Å²) >= 11 is 5.94. The van der Waals surface area contributed by atoms with Crippen molar-refractivity contribution >= 4 is 34.6 Å². The van der Waals surface area contributed by atoms with Crippen molar-refractivity contribution in [2.24, 2.45) is 0 Å². The number of hydrogen-bond donors (Lipinski definition) is 2. The maximum absolute atomic E-state index is 12.5. The summed E-state index contributed by atoms with van der Waals surface area (Å²) in [6, 6.07) is 16.2. The Morgan fingerprint density at radius 1 is 1.12 bits per heavy atom. The highest BCUT2D eigenvalue weighted by Crippen LogP contribution is 2.22. The second-order valence-corrected chi connectivity index (χ2v) is 6.09. The number of aromatic nitrogens is 1. The molecule has 3 rings (SSSR count). The first-order valence-electron chi connectivity index (χ1n) is 7.85. The van der Waals surface area contributed by atoms with Gasteiger partial charge in [0.25, 0.3) is 5.91 Å². The van der Waals surface area contributed by atoms with E-state index in [0.717, 1.165) is 5.56 Å². The molecule has 128 valence electrons. The molecule has 0 radical (unpaired) electrons. The Labute approximate surface area is 156 Å². The first-order valence-corrected chi connectivity index (χ1v) is 8.23. The van der Waals surface area contributed by atoms with Crippen LogP contribution in [0.2, 0.25) is 5.02 Å². The van der Waals surface area contributed by atoms with Gasteiger partial charge >= 0.3 is 0 Å². The van der Waals surface area contributed by atoms with E-state index in [2.05, 4.69) is 21.7 Å². The third-order valence-electron chi connectivity index (χ3n) is 3.76. The van der Waals surface area contributed by atoms with Crippen molar-refractivity contribution in [3.05, 3.63) is 82.6 Å². The van der Waals surface area contributed by atoms with Crippen LogP contribution in [-0.4, -0.2) is 10.9 Å². The highest BCUT2D eigenvalue weighted by atomic mass is 35.5. The number of hydrogen-bond acceptors (Lipinski definition) is 4. The molecule has 0 aliphatic rings. The van der Waals surface area contributed by atoms with Gasteiger partial charge < -0.3 is 10.6 Å². The molecule has 0 spiro atoms. The summed E-state index contributed by atoms with van der Waals surface area (Å²) in [7, 11) is 0. The summed E-state index contributed by atoms with van der Waals surface area (Å²) in [6.07, 6.45) is 3.08. The van der Waals surface area contributed by atoms with Crippen LogP contribution in [0.4, 0.5) is 17.1 Å². The molecule has 0 saturated heterocycles. The van der Waals surface area contributed by atoms with Crippen molar-refractivity contribution < 1.29 is 4.79 Å². The zero-order chi connectivity index (χ0) is 18.5. The smallest absolute Gasteiger partial charge is 0.257 e. The lowest BCUT2D eigenvalue weighted by Crippen LogP contribution is -2.13. The molecule has 0 fully saturated rings. The molecule has 1 heterocycles. The fourth-order valence-corrected chi connectivity index (χ4v) is 2.67. The number of pyridine rings is 1. The summed E-state index contributed by atoms with van der Waals surface area (Å²) < 4.78 is 0. The molecule has 2 aromatic carbocycles. The molecule has 3 aromatic rings. The molecular formula is C20H15ClN4O. The molecule has 1 aromatic heterocycles. The van der Waals surface area contributed by atoms with Crippen LogP contribution in [-0.2, 0) is 0 Å². The molecule has 2 N–H and O–H groups in total. The predicted molar refractivity (Wildman–Crippen MR) is 103 cm³/mol. The second-order valence-electron chi connectivity index (χ2n) is 5.66. The lowest BCUT2D eigenvalue weighted by Gasteiger charge is -2.11. The number of nitrogens with one attached hydrogen (secondary N) is 2. The van der Waals surface area contributed by atoms with Gasteiger partial charge in [0.2, 0.25) is 0 Å². The fraction of sp³-hybridized carbons (Fsp3) is 0.0500. The van der Waals surface area contributed by atoms with Crippen molar-refractivity contribution in [1.29, 1.82) is 5.26 Å². The molecule has 0 bridgehead atoms. The zero-order valence-electron chi connectivity index (χ0n) is 14.0. The summed E-state index contributed by atoms with van der Waals surface area (Å²) in [5.74, 6) is -0.278. The average Bonchev–Trinajstić information content (AvgIpc) is 2.64. The number of anilines is 3. The normalized spacial score (nSPS) is 10.0. The van der Waals surface area contributed by atoms with E-state index in [0.29, 0.717) is 33.2 Å². The number of aryl methyl sites for hydroxylation is 1. The van der Waals surface area contributed by atoms with Gasteiger partial charge in [-0.2, -0.15) is 5.26 Å². The summed E-state index contributed by atoms with van der Waals surface area (Å²) in [6.45, 7) is 1.87. The number of halogens is 1. The number of carbonyl (C=O) groups is 1. The van der Waals surface area contributed by atoms with Crippen LogP contribution in [0, 0.1) is 18.3 Å². The Morgan fingerprint density at radius 3 is 2.69 bits per heavy atom. The molecule has 6 heteroatoms. The lowest BCUT2D eigenvalue weighted by molar-refractivity contribution is 0.102. The standard InChI is InChI=1S/C20H15ClN4O/c1-13-8-16(21)6-7-18(13)25-20(26)15-9-17(12-23-11-15)24-19-5-3-2-4-14(19)10-22/h2-9,11-12,24H,1H3,(H,25,26). The summed E-state index contributed by atoms with van der Waals surface area (Å²) in [4.78, 5) is 16.6. The van der Waals surface area contributed by atoms with Crippen molar-refractivity contribution in [2.45, 2.75) is 6.92 Å². The Kier molecular flexibility index (Phi) is 5.16. The van der Waals surface area contributed by atoms with Crippen LogP contribution in [0.3, 0.4) is 0 Å². The van der Waals surface area contributed by atoms with Gasteiger partial charge in [0.1, 0.15) is 6.07 Å². The first kappa shape index (κ1) is 17.5. The number of nitrogens with zero attached hydrogens (tertiary/aromatic N) is 2. The van der Waals surface area contributed by atoms with Crippen molar-refractivity contribution in [3.63, 3.8) is 0 Å². The van der Waals surface area contributed by atoms with E-state index in [9.17, 15) is 4.79 Å². The molecule has 0 unspecified atom stereocenters. The highest BCUT2D eigenvalue weighted by Gasteiger charge is 2.10. The van der Waals surface area contributed by atoms with Gasteiger partial charge in [-0.05, 0) is 48.9 Å². The number of para-hydroxylation sites is 1. The van der Waals surface area contributed by atoms with Gasteiger partial charge in [0.05, 0.1) is 28.7 Å². The number of nitriles is 1. The Balaban J connectivity index is 1.80. The maximum atomic E-state index is 12.5. The second kappa shape index (κ2) is 7.68. The molecule has 0 atom stereocenters. The molecule has 0 aliphatic carbocycles. The van der Waals surface area contributed by atoms with E-state index in [4.69, 9.17) is 16.9 Å². The summed E-state index contributed by atoms with van der Waals surface area (Å²) in [5, 5.41) is 15.8. The highest BCUT2D eigenvalue weighted by molar-refractivity contribution is 6.30. The van der Waals surface area contributed by atoms with E-state index >= 15 is 0 Å². The van der Waals surface area contributed by atoms with Gasteiger partial charge in [0.15, 0.2) is 0 Å². The van der Waals surface area contributed by atoms with Crippen LogP contribution in [0.15, 0.2) is 60.9 Å². The minimum absolute atomic E-state index is 0.278. The molecule has 1 amide bonds. The third kappa shape index (κ3) is 4.00. The molecule has 26 heavy (non-hydrogen) atoms. The monoisotopic (exact) mass is 362 g/mol. The number of benzene rings is 2. The van der Waals surface area contributed by atoms with Gasteiger partial charge in [0, 0.05) is 16.9 Å². The zero-order valence-corrected chi connectivity index (χ0v) is 14.7. The van der Waals surface area contributed by atoms with Crippen LogP contribution >= 0.6 is 11.6 Å². The Morgan fingerprint density at radius 2 is 1.92 bits per heavy atom. The van der Waals surface area contributed by atoms with Crippen LogP contribution < -0.4 is 10.6 Å². The van der Waals surface area contributed by atoms with Gasteiger partial charge in [-0.15, -0.1) is 0 Å². The Hall–Kier alpha value is -3.36. The third-order valence-corrected chi connectivity index (χ3v) is 4.00. The average molecular weight is 363 g/mol. The number of rotatable bonds is 4. The molecule has 0 saturated carbocycles. The van der Waals surface area contributed by atoms with Crippen molar-refractivity contribution in [3.8, 4) is 6.07 Å². The van der Waals surface area contributed by atoms with Gasteiger partial charge in [-0.1, -0.05) is 23.7 Å². The molecular weight excluding hydrogens is 348 g/mol. The predicted octanol–water partition coefficient (Wildman–Crippen LogP) is 4.91. The van der Waals surface area contributed by atoms with Crippen LogP contribution in [0.5, 0.6) is 0 Å². The minimum atomic E-state index is -0.278. The van der Waals surface area contributed by atoms with Crippen LogP contribution in [0.25, 0.3) is 0 Å². The lowest BCUT2D eigenvalue weighted by atomic mass is 10.1. The van der Waals surface area contributed by atoms with Crippen molar-refractivity contribution in [2.75, 3.05) is 10.6 Å². The van der Waals surface area contributed by atoms with E-state index in [1.54, 1.807) is 48.7 Å². The first-order chi connectivity index (χ1) is 12.6. The SMILES string of the molecule is Cc1cc(Cl)ccc1NC(=O)c1cncc(Nc2ccccc2C#N)c1. The van der Waals surface area contributed by atoms with Gasteiger partial charge in [-0.25, -0.2) is 0 Å². The van der Waals surface area contributed by atoms with E-state index in [1.165, 1.54) is 6.20 Å². The number of amides is 1.